The molecule has 0 atom stereocenters. The van der Waals surface area contributed by atoms with Gasteiger partial charge in [-0.3, -0.25) is 0 Å². The van der Waals surface area contributed by atoms with Crippen molar-refractivity contribution in [2.75, 3.05) is 28.4 Å². The summed E-state index contributed by atoms with van der Waals surface area (Å²) in [5.41, 5.74) is 5.74. The highest BCUT2D eigenvalue weighted by Gasteiger charge is 2.65. The van der Waals surface area contributed by atoms with Gasteiger partial charge < -0.3 is 34.2 Å². The van der Waals surface area contributed by atoms with Crippen LogP contribution in [0.4, 0.5) is 0 Å². The van der Waals surface area contributed by atoms with Crippen molar-refractivity contribution in [3.05, 3.63) is 49.1 Å². The van der Waals surface area contributed by atoms with Crippen LogP contribution in [-0.2, 0) is 34.2 Å². The van der Waals surface area contributed by atoms with Crippen molar-refractivity contribution in [2.45, 2.75) is 0 Å². The lowest BCUT2D eigenvalue weighted by atomic mass is 11.3. The van der Waals surface area contributed by atoms with Gasteiger partial charge in [-0.05, 0) is 22.8 Å². The lowest BCUT2D eigenvalue weighted by Gasteiger charge is -2.45. The van der Waals surface area contributed by atoms with Crippen molar-refractivity contribution < 1.29 is 34.2 Å². The first-order chi connectivity index (χ1) is 11.3. The second-order valence-corrected chi connectivity index (χ2v) is 15.8. The molecular weight excluding hydrogens is 384 g/mol. The molecule has 136 valence electrons. The van der Waals surface area contributed by atoms with Crippen LogP contribution in [0.15, 0.2) is 49.1 Å². The SMILES string of the molecule is C=C[Si]1(OC)O[Si](C=C)(OC)O[Si](C=C)(OC)O[Si](C=C)(OC)O1. The predicted molar refractivity (Wildman–Crippen MR) is 96.2 cm³/mol. The highest BCUT2D eigenvalue weighted by Crippen LogP contribution is 2.33. The Morgan fingerprint density at radius 2 is 0.667 bits per heavy atom. The third-order valence-corrected chi connectivity index (χ3v) is 16.7. The summed E-state index contributed by atoms with van der Waals surface area (Å²) in [6.07, 6.45) is 0. The smallest absolute Gasteiger partial charge is 0.375 e. The molecular formula is C12H24O8Si4. The van der Waals surface area contributed by atoms with Crippen LogP contribution in [0.2, 0.25) is 0 Å². The average molecular weight is 409 g/mol. The first-order valence-corrected chi connectivity index (χ1v) is 14.1. The molecule has 1 rings (SSSR count). The van der Waals surface area contributed by atoms with E-state index in [9.17, 15) is 0 Å². The fourth-order valence-electron chi connectivity index (χ4n) is 1.88. The van der Waals surface area contributed by atoms with E-state index in [1.54, 1.807) is 0 Å². The van der Waals surface area contributed by atoms with Crippen LogP contribution in [0.1, 0.15) is 0 Å². The van der Waals surface area contributed by atoms with Gasteiger partial charge >= 0.3 is 35.2 Å². The molecule has 1 aliphatic heterocycles. The van der Waals surface area contributed by atoms with E-state index in [1.807, 2.05) is 0 Å². The zero-order chi connectivity index (χ0) is 18.5. The van der Waals surface area contributed by atoms with E-state index in [-0.39, 0.29) is 0 Å². The third-order valence-electron chi connectivity index (χ3n) is 3.28. The molecule has 1 heterocycles. The monoisotopic (exact) mass is 408 g/mol. The lowest BCUT2D eigenvalue weighted by molar-refractivity contribution is 0.0578. The summed E-state index contributed by atoms with van der Waals surface area (Å²) >= 11 is 0. The van der Waals surface area contributed by atoms with E-state index in [2.05, 4.69) is 26.3 Å². The van der Waals surface area contributed by atoms with E-state index in [0.717, 1.165) is 0 Å². The molecule has 0 saturated carbocycles. The number of hydrogen-bond acceptors (Lipinski definition) is 8. The minimum absolute atomic E-state index is 1.43. The second kappa shape index (κ2) is 8.26. The molecule has 0 radical (unpaired) electrons. The third kappa shape index (κ3) is 4.01. The summed E-state index contributed by atoms with van der Waals surface area (Å²) < 4.78 is 46.3. The Hall–Kier alpha value is -0.492. The molecule has 0 bridgehead atoms. The van der Waals surface area contributed by atoms with E-state index in [0.29, 0.717) is 0 Å². The fourth-order valence-corrected chi connectivity index (χ4v) is 16.4. The van der Waals surface area contributed by atoms with Crippen LogP contribution < -0.4 is 0 Å². The Bertz CT molecular complexity index is 403. The van der Waals surface area contributed by atoms with Gasteiger partial charge in [0.05, 0.1) is 0 Å². The van der Waals surface area contributed by atoms with Gasteiger partial charge in [0.2, 0.25) is 0 Å². The molecule has 0 spiro atoms. The average Bonchev–Trinajstić information content (AvgIpc) is 2.63. The van der Waals surface area contributed by atoms with Gasteiger partial charge in [0.25, 0.3) is 0 Å². The molecule has 12 heteroatoms. The summed E-state index contributed by atoms with van der Waals surface area (Å²) in [6, 6.07) is 0. The molecule has 0 aliphatic carbocycles. The summed E-state index contributed by atoms with van der Waals surface area (Å²) in [5, 5.41) is 0. The summed E-state index contributed by atoms with van der Waals surface area (Å²) in [6.45, 7) is 15.0. The van der Waals surface area contributed by atoms with Gasteiger partial charge in [0, 0.05) is 28.4 Å². The highest BCUT2D eigenvalue weighted by molar-refractivity contribution is 6.93. The maximum absolute atomic E-state index is 6.07. The standard InChI is InChI=1S/C12H24O8Si4/c1-9-21(13-5)17-22(10-2,14-6)19-24(12-4,16-8)20-23(11-3,15-7)18-21/h9-12H,1-4H2,5-8H3. The topological polar surface area (TPSA) is 73.8 Å². The Morgan fingerprint density at radius 3 is 0.750 bits per heavy atom. The van der Waals surface area contributed by atoms with Gasteiger partial charge in [-0.25, -0.2) is 0 Å². The van der Waals surface area contributed by atoms with Crippen molar-refractivity contribution in [1.82, 2.24) is 0 Å². The van der Waals surface area contributed by atoms with Crippen LogP contribution in [0.5, 0.6) is 0 Å². The summed E-state index contributed by atoms with van der Waals surface area (Å²) in [4.78, 5) is 0. The van der Waals surface area contributed by atoms with Crippen molar-refractivity contribution in [3.8, 4) is 0 Å². The number of rotatable bonds is 8. The van der Waals surface area contributed by atoms with Gasteiger partial charge in [-0.15, -0.1) is 0 Å². The Morgan fingerprint density at radius 1 is 0.500 bits per heavy atom. The summed E-state index contributed by atoms with van der Waals surface area (Å²) in [7, 11) is -8.19. The quantitative estimate of drug-likeness (QED) is 0.557. The van der Waals surface area contributed by atoms with E-state index in [4.69, 9.17) is 34.2 Å². The molecule has 1 saturated heterocycles. The van der Waals surface area contributed by atoms with Crippen LogP contribution in [-0.4, -0.2) is 63.7 Å². The van der Waals surface area contributed by atoms with Crippen LogP contribution in [0.25, 0.3) is 0 Å². The van der Waals surface area contributed by atoms with E-state index >= 15 is 0 Å². The highest BCUT2D eigenvalue weighted by atomic mass is 28.6. The van der Waals surface area contributed by atoms with Crippen LogP contribution >= 0.6 is 0 Å². The zero-order valence-corrected chi connectivity index (χ0v) is 18.4. The Labute approximate surface area is 147 Å². The Kier molecular flexibility index (Phi) is 7.41. The molecule has 0 aromatic rings. The maximum Gasteiger partial charge on any atom is 0.514 e. The maximum atomic E-state index is 6.07. The molecule has 24 heavy (non-hydrogen) atoms. The van der Waals surface area contributed by atoms with Gasteiger partial charge in [-0.1, -0.05) is 26.3 Å². The van der Waals surface area contributed by atoms with Crippen molar-refractivity contribution in [3.63, 3.8) is 0 Å². The van der Waals surface area contributed by atoms with Gasteiger partial charge in [0.1, 0.15) is 0 Å². The molecule has 8 nitrogen and oxygen atoms in total. The second-order valence-electron chi connectivity index (χ2n) is 4.46. The Balaban J connectivity index is 3.56. The molecule has 0 aromatic carbocycles. The molecule has 0 unspecified atom stereocenters. The van der Waals surface area contributed by atoms with E-state index in [1.165, 1.54) is 51.2 Å². The minimum Gasteiger partial charge on any atom is -0.375 e. The normalized spacial score (nSPS) is 40.2. The van der Waals surface area contributed by atoms with Crippen LogP contribution in [0, 0.1) is 0 Å². The molecule has 0 N–H and O–H groups in total. The zero-order valence-electron chi connectivity index (χ0n) is 14.4. The van der Waals surface area contributed by atoms with Crippen molar-refractivity contribution in [2.24, 2.45) is 0 Å². The van der Waals surface area contributed by atoms with Gasteiger partial charge in [-0.2, -0.15) is 0 Å². The molecule has 1 fully saturated rings. The number of hydrogen-bond donors (Lipinski definition) is 0. The summed E-state index contributed by atoms with van der Waals surface area (Å²) in [5.74, 6) is 0. The first kappa shape index (κ1) is 21.6. The largest absolute Gasteiger partial charge is 0.514 e. The van der Waals surface area contributed by atoms with Crippen molar-refractivity contribution >= 4 is 35.2 Å². The van der Waals surface area contributed by atoms with Gasteiger partial charge in [0.15, 0.2) is 0 Å². The lowest BCUT2D eigenvalue weighted by Crippen LogP contribution is -2.71. The first-order valence-electron chi connectivity index (χ1n) is 6.87. The fraction of sp³-hybridized carbons (Fsp3) is 0.333. The minimum atomic E-state index is -3.48. The molecule has 1 aliphatic rings. The predicted octanol–water partition coefficient (Wildman–Crippen LogP) is 1.31. The van der Waals surface area contributed by atoms with Crippen molar-refractivity contribution in [1.29, 1.82) is 0 Å². The van der Waals surface area contributed by atoms with E-state index < -0.39 is 35.2 Å². The molecule has 0 amide bonds. The van der Waals surface area contributed by atoms with Crippen LogP contribution in [0.3, 0.4) is 0 Å². The molecule has 0 aromatic heterocycles.